The van der Waals surface area contributed by atoms with Crippen molar-refractivity contribution in [2.45, 2.75) is 31.7 Å². The smallest absolute Gasteiger partial charge is 0.127 e. The van der Waals surface area contributed by atoms with Crippen molar-refractivity contribution in [1.82, 2.24) is 9.55 Å². The van der Waals surface area contributed by atoms with E-state index in [9.17, 15) is 0 Å². The molecule has 0 amide bonds. The summed E-state index contributed by atoms with van der Waals surface area (Å²) in [5.41, 5.74) is 2.05. The Hall–Kier alpha value is -0.380. The molecule has 0 radical (unpaired) electrons. The number of hydrogen-bond donors (Lipinski definition) is 0. The number of fused-ring (bicyclic) bond motifs is 1. The number of aromatic nitrogens is 2. The van der Waals surface area contributed by atoms with E-state index in [1.54, 1.807) is 0 Å². The average Bonchev–Trinajstić information content (AvgIpc) is 2.73. The van der Waals surface area contributed by atoms with Crippen LogP contribution in [-0.2, 0) is 6.54 Å². The zero-order valence-corrected chi connectivity index (χ0v) is 13.5. The summed E-state index contributed by atoms with van der Waals surface area (Å²) >= 11 is 14.2. The van der Waals surface area contributed by atoms with Crippen LogP contribution >= 0.6 is 35.0 Å². The second kappa shape index (κ2) is 6.87. The summed E-state index contributed by atoms with van der Waals surface area (Å²) in [5, 5.41) is 0.651. The maximum atomic E-state index is 6.24. The first kappa shape index (κ1) is 15.0. The van der Waals surface area contributed by atoms with Crippen LogP contribution in [0, 0.1) is 0 Å². The van der Waals surface area contributed by atoms with E-state index in [1.165, 1.54) is 12.2 Å². The van der Waals surface area contributed by atoms with Gasteiger partial charge < -0.3 is 4.57 Å². The second-order valence-electron chi connectivity index (χ2n) is 4.57. The van der Waals surface area contributed by atoms with Crippen LogP contribution in [0.15, 0.2) is 18.2 Å². The minimum atomic E-state index is -0.0910. The van der Waals surface area contributed by atoms with Gasteiger partial charge in [0.15, 0.2) is 0 Å². The van der Waals surface area contributed by atoms with Crippen LogP contribution in [0.1, 0.15) is 31.0 Å². The largest absolute Gasteiger partial charge is 0.327 e. The SMILES string of the molecule is CSCCCCn1c(C(C)Cl)nc2ccc(Cl)cc21. The maximum Gasteiger partial charge on any atom is 0.127 e. The summed E-state index contributed by atoms with van der Waals surface area (Å²) in [5.74, 6) is 2.13. The topological polar surface area (TPSA) is 17.8 Å². The van der Waals surface area contributed by atoms with Crippen molar-refractivity contribution in [1.29, 1.82) is 0 Å². The summed E-state index contributed by atoms with van der Waals surface area (Å²) < 4.78 is 2.21. The quantitative estimate of drug-likeness (QED) is 0.543. The molecule has 5 heteroatoms. The molecule has 104 valence electrons. The molecule has 0 aliphatic rings. The van der Waals surface area contributed by atoms with Crippen molar-refractivity contribution in [2.24, 2.45) is 0 Å². The highest BCUT2D eigenvalue weighted by Crippen LogP contribution is 2.27. The number of imidazole rings is 1. The van der Waals surface area contributed by atoms with Gasteiger partial charge in [-0.25, -0.2) is 4.98 Å². The first-order chi connectivity index (χ1) is 9.13. The van der Waals surface area contributed by atoms with Gasteiger partial charge in [0.1, 0.15) is 5.82 Å². The average molecular weight is 317 g/mol. The van der Waals surface area contributed by atoms with Gasteiger partial charge in [0.25, 0.3) is 0 Å². The third-order valence-corrected chi connectivity index (χ3v) is 4.20. The van der Waals surface area contributed by atoms with Crippen molar-refractivity contribution in [3.8, 4) is 0 Å². The number of rotatable bonds is 6. The van der Waals surface area contributed by atoms with E-state index in [2.05, 4.69) is 15.8 Å². The van der Waals surface area contributed by atoms with Crippen molar-refractivity contribution < 1.29 is 0 Å². The number of halogens is 2. The third kappa shape index (κ3) is 3.59. The normalized spacial score (nSPS) is 13.1. The molecule has 19 heavy (non-hydrogen) atoms. The number of nitrogens with zero attached hydrogens (tertiary/aromatic N) is 2. The van der Waals surface area contributed by atoms with Gasteiger partial charge in [-0.15, -0.1) is 11.6 Å². The molecule has 2 aromatic rings. The van der Waals surface area contributed by atoms with E-state index in [0.29, 0.717) is 0 Å². The molecule has 1 atom stereocenters. The molecule has 0 aliphatic carbocycles. The Labute approximate surface area is 128 Å². The lowest BCUT2D eigenvalue weighted by molar-refractivity contribution is 0.619. The Balaban J connectivity index is 2.31. The van der Waals surface area contributed by atoms with E-state index in [0.717, 1.165) is 34.8 Å². The molecule has 1 aromatic heterocycles. The number of alkyl halides is 1. The van der Waals surface area contributed by atoms with Crippen LogP contribution in [0.2, 0.25) is 5.02 Å². The van der Waals surface area contributed by atoms with Crippen molar-refractivity contribution in [3.63, 3.8) is 0 Å². The fraction of sp³-hybridized carbons (Fsp3) is 0.500. The lowest BCUT2D eigenvalue weighted by Crippen LogP contribution is -2.05. The molecule has 1 aromatic carbocycles. The number of hydrogen-bond acceptors (Lipinski definition) is 2. The monoisotopic (exact) mass is 316 g/mol. The van der Waals surface area contributed by atoms with Gasteiger partial charge in [-0.1, -0.05) is 11.6 Å². The Morgan fingerprint density at radius 3 is 2.84 bits per heavy atom. The minimum absolute atomic E-state index is 0.0910. The number of aryl methyl sites for hydroxylation is 1. The fourth-order valence-electron chi connectivity index (χ4n) is 2.17. The Morgan fingerprint density at radius 2 is 2.16 bits per heavy atom. The van der Waals surface area contributed by atoms with Gasteiger partial charge >= 0.3 is 0 Å². The summed E-state index contributed by atoms with van der Waals surface area (Å²) in [7, 11) is 0. The Kier molecular flexibility index (Phi) is 5.43. The summed E-state index contributed by atoms with van der Waals surface area (Å²) in [6.45, 7) is 2.91. The van der Waals surface area contributed by atoms with Gasteiger partial charge in [0.05, 0.1) is 16.4 Å². The van der Waals surface area contributed by atoms with E-state index in [-0.39, 0.29) is 5.38 Å². The molecule has 2 rings (SSSR count). The van der Waals surface area contributed by atoms with E-state index >= 15 is 0 Å². The van der Waals surface area contributed by atoms with Gasteiger partial charge in [-0.2, -0.15) is 11.8 Å². The molecule has 2 nitrogen and oxygen atoms in total. The molecule has 0 fully saturated rings. The summed E-state index contributed by atoms with van der Waals surface area (Å²) in [4.78, 5) is 4.62. The van der Waals surface area contributed by atoms with Crippen LogP contribution in [0.3, 0.4) is 0 Å². The molecule has 0 saturated carbocycles. The van der Waals surface area contributed by atoms with Gasteiger partial charge in [-0.05, 0) is 50.0 Å². The summed E-state index contributed by atoms with van der Waals surface area (Å²) in [6, 6.07) is 5.80. The van der Waals surface area contributed by atoms with E-state index in [4.69, 9.17) is 23.2 Å². The van der Waals surface area contributed by atoms with Gasteiger partial charge in [0.2, 0.25) is 0 Å². The van der Waals surface area contributed by atoms with Gasteiger partial charge in [0, 0.05) is 11.6 Å². The van der Waals surface area contributed by atoms with Crippen LogP contribution in [0.5, 0.6) is 0 Å². The molecular weight excluding hydrogens is 299 g/mol. The third-order valence-electron chi connectivity index (χ3n) is 3.08. The number of thioether (sulfide) groups is 1. The molecule has 0 bridgehead atoms. The van der Waals surface area contributed by atoms with Crippen molar-refractivity contribution in [2.75, 3.05) is 12.0 Å². The summed E-state index contributed by atoms with van der Waals surface area (Å²) in [6.07, 6.45) is 4.48. The van der Waals surface area contributed by atoms with Gasteiger partial charge in [-0.3, -0.25) is 0 Å². The first-order valence-corrected chi connectivity index (χ1v) is 8.63. The molecule has 0 spiro atoms. The van der Waals surface area contributed by atoms with Crippen LogP contribution in [0.25, 0.3) is 11.0 Å². The highest BCUT2D eigenvalue weighted by atomic mass is 35.5. The predicted octanol–water partition coefficient (Wildman–Crippen LogP) is 5.13. The Bertz CT molecular complexity index is 552. The number of benzene rings is 1. The molecule has 0 saturated heterocycles. The van der Waals surface area contributed by atoms with Crippen LogP contribution in [0.4, 0.5) is 0 Å². The lowest BCUT2D eigenvalue weighted by atomic mass is 10.3. The highest BCUT2D eigenvalue weighted by molar-refractivity contribution is 7.98. The zero-order chi connectivity index (χ0) is 13.8. The van der Waals surface area contributed by atoms with Crippen molar-refractivity contribution >= 4 is 46.0 Å². The standard InChI is InChI=1S/C14H18Cl2N2S/c1-10(15)14-17-12-6-5-11(16)9-13(12)18(14)7-3-4-8-19-2/h5-6,9-10H,3-4,7-8H2,1-2H3. The van der Waals surface area contributed by atoms with E-state index < -0.39 is 0 Å². The zero-order valence-electron chi connectivity index (χ0n) is 11.2. The Morgan fingerprint density at radius 1 is 1.37 bits per heavy atom. The van der Waals surface area contributed by atoms with Crippen LogP contribution < -0.4 is 0 Å². The predicted molar refractivity (Wildman–Crippen MR) is 86.6 cm³/mol. The molecule has 1 unspecified atom stereocenters. The van der Waals surface area contributed by atoms with E-state index in [1.807, 2.05) is 36.9 Å². The molecule has 1 heterocycles. The molecule has 0 aliphatic heterocycles. The van der Waals surface area contributed by atoms with Crippen molar-refractivity contribution in [3.05, 3.63) is 29.0 Å². The maximum absolute atomic E-state index is 6.24. The minimum Gasteiger partial charge on any atom is -0.327 e. The van der Waals surface area contributed by atoms with Crippen LogP contribution in [-0.4, -0.2) is 21.6 Å². The lowest BCUT2D eigenvalue weighted by Gasteiger charge is -2.10. The second-order valence-corrected chi connectivity index (χ2v) is 6.65. The molecular formula is C14H18Cl2N2S. The first-order valence-electron chi connectivity index (χ1n) is 6.42. The number of unbranched alkanes of at least 4 members (excludes halogenated alkanes) is 1. The highest BCUT2D eigenvalue weighted by Gasteiger charge is 2.14. The fourth-order valence-corrected chi connectivity index (χ4v) is 3.00. The molecule has 0 N–H and O–H groups in total.